The first-order valence-electron chi connectivity index (χ1n) is 11.3. The van der Waals surface area contributed by atoms with Gasteiger partial charge in [-0.3, -0.25) is 0 Å². The summed E-state index contributed by atoms with van der Waals surface area (Å²) >= 11 is -2.41. The Balaban J connectivity index is 3.00. The number of rotatable bonds is 12. The molecule has 1 amide bonds. The van der Waals surface area contributed by atoms with Gasteiger partial charge in [0.25, 0.3) is 0 Å². The third-order valence-electron chi connectivity index (χ3n) is 5.40. The van der Waals surface area contributed by atoms with Crippen molar-refractivity contribution in [3.8, 4) is 0 Å². The first-order chi connectivity index (χ1) is 13.3. The molecular weight excluding hydrogens is 453 g/mol. The second-order valence-electron chi connectivity index (χ2n) is 9.15. The van der Waals surface area contributed by atoms with Crippen molar-refractivity contribution in [1.29, 1.82) is 0 Å². The number of hydrogen-bond donors (Lipinski definition) is 1. The van der Waals surface area contributed by atoms with Crippen LogP contribution in [0, 0.1) is 0 Å². The Morgan fingerprint density at radius 1 is 0.964 bits per heavy atom. The summed E-state index contributed by atoms with van der Waals surface area (Å²) in [6, 6.07) is 9.15. The van der Waals surface area contributed by atoms with Crippen molar-refractivity contribution in [2.45, 2.75) is 106 Å². The number of amides is 1. The van der Waals surface area contributed by atoms with E-state index in [1.54, 1.807) is 3.58 Å². The molecule has 1 aromatic rings. The Morgan fingerprint density at radius 3 is 1.96 bits per heavy atom. The van der Waals surface area contributed by atoms with E-state index < -0.39 is 24.0 Å². The summed E-state index contributed by atoms with van der Waals surface area (Å²) < 4.78 is 11.4. The molecule has 0 heterocycles. The number of carbonyl (C=O) groups excluding carboxylic acids is 1. The predicted octanol–water partition coefficient (Wildman–Crippen LogP) is 6.77. The summed E-state index contributed by atoms with van der Waals surface area (Å²) in [5.41, 5.74) is 0.742. The zero-order valence-corrected chi connectivity index (χ0v) is 22.1. The van der Waals surface area contributed by atoms with Crippen molar-refractivity contribution in [2.24, 2.45) is 0 Å². The van der Waals surface area contributed by atoms with E-state index in [2.05, 4.69) is 50.4 Å². The molecule has 0 saturated carbocycles. The van der Waals surface area contributed by atoms with Gasteiger partial charge in [-0.05, 0) is 0 Å². The van der Waals surface area contributed by atoms with E-state index in [0.717, 1.165) is 0 Å². The first kappa shape index (κ1) is 25.3. The van der Waals surface area contributed by atoms with E-state index in [1.807, 2.05) is 20.8 Å². The zero-order valence-electron chi connectivity index (χ0n) is 19.2. The fourth-order valence-electron chi connectivity index (χ4n) is 3.85. The zero-order chi connectivity index (χ0) is 21.0. The quantitative estimate of drug-likeness (QED) is 0.325. The molecule has 3 nitrogen and oxygen atoms in total. The van der Waals surface area contributed by atoms with Crippen LogP contribution < -0.4 is 8.90 Å². The number of benzene rings is 1. The molecule has 0 aliphatic carbocycles. The molecule has 0 aliphatic heterocycles. The Kier molecular flexibility index (Phi) is 11.5. The normalized spacial score (nSPS) is 12.1. The summed E-state index contributed by atoms with van der Waals surface area (Å²) in [4.78, 5) is 12.0. The Hall–Kier alpha value is -0.711. The van der Waals surface area contributed by atoms with E-state index in [0.29, 0.717) is 6.54 Å². The molecule has 28 heavy (non-hydrogen) atoms. The van der Waals surface area contributed by atoms with Crippen molar-refractivity contribution < 1.29 is 9.53 Å². The molecule has 0 saturated heterocycles. The average molecular weight is 496 g/mol. The number of alkyl carbamates (subject to hydrolysis) is 1. The standard InChI is InChI=1S/C12H16NO2.3C4H9.Sn/c1-12(2,3)15-11(14)13-9-10-7-5-4-6-8-10;3*1-3-4-2;/h4-5,7-8H,9H2,1-3H3,(H,13,14);3*1,3-4H2,2H3;. The molecule has 4 heteroatoms. The third kappa shape index (κ3) is 9.19. The van der Waals surface area contributed by atoms with Crippen molar-refractivity contribution in [3.05, 3.63) is 29.8 Å². The molecule has 0 aromatic heterocycles. The molecule has 1 N–H and O–H groups in total. The molecule has 1 aromatic carbocycles. The van der Waals surface area contributed by atoms with Crippen molar-refractivity contribution in [2.75, 3.05) is 0 Å². The molecule has 0 unspecified atom stereocenters. The van der Waals surface area contributed by atoms with Crippen LogP contribution in [0.3, 0.4) is 0 Å². The van der Waals surface area contributed by atoms with Crippen LogP contribution in [0.15, 0.2) is 24.3 Å². The van der Waals surface area contributed by atoms with Gasteiger partial charge < -0.3 is 0 Å². The van der Waals surface area contributed by atoms with Crippen LogP contribution >= 0.6 is 0 Å². The van der Waals surface area contributed by atoms with Gasteiger partial charge >= 0.3 is 178 Å². The van der Waals surface area contributed by atoms with Gasteiger partial charge in [0.05, 0.1) is 0 Å². The van der Waals surface area contributed by atoms with Crippen molar-refractivity contribution >= 4 is 28.0 Å². The number of carbonyl (C=O) groups is 1. The monoisotopic (exact) mass is 497 g/mol. The van der Waals surface area contributed by atoms with Crippen molar-refractivity contribution in [1.82, 2.24) is 5.32 Å². The number of ether oxygens (including phenoxy) is 1. The van der Waals surface area contributed by atoms with Gasteiger partial charge in [-0.25, -0.2) is 0 Å². The number of hydrogen-bond acceptors (Lipinski definition) is 2. The van der Waals surface area contributed by atoms with Crippen LogP contribution in [-0.4, -0.2) is 30.1 Å². The first-order valence-corrected chi connectivity index (χ1v) is 18.8. The molecule has 0 fully saturated rings. The summed E-state index contributed by atoms with van der Waals surface area (Å²) in [6.07, 6.45) is 7.62. The van der Waals surface area contributed by atoms with Gasteiger partial charge in [0.15, 0.2) is 0 Å². The van der Waals surface area contributed by atoms with Crippen LogP contribution in [0.2, 0.25) is 13.3 Å². The minimum absolute atomic E-state index is 0.337. The van der Waals surface area contributed by atoms with Gasteiger partial charge in [-0.15, -0.1) is 0 Å². The average Bonchev–Trinajstić information content (AvgIpc) is 2.65. The molecule has 160 valence electrons. The second kappa shape index (κ2) is 12.8. The summed E-state index contributed by atoms with van der Waals surface area (Å²) in [5, 5.41) is 2.93. The van der Waals surface area contributed by atoms with E-state index in [-0.39, 0.29) is 6.09 Å². The van der Waals surface area contributed by atoms with Crippen LogP contribution in [0.1, 0.15) is 85.6 Å². The van der Waals surface area contributed by atoms with E-state index in [4.69, 9.17) is 4.74 Å². The van der Waals surface area contributed by atoms with Gasteiger partial charge in [-0.1, -0.05) is 0 Å². The second-order valence-corrected chi connectivity index (χ2v) is 22.4. The van der Waals surface area contributed by atoms with Gasteiger partial charge in [0.2, 0.25) is 0 Å². The third-order valence-corrected chi connectivity index (χ3v) is 21.0. The van der Waals surface area contributed by atoms with E-state index in [9.17, 15) is 4.79 Å². The fraction of sp³-hybridized carbons (Fsp3) is 0.708. The molecule has 0 spiro atoms. The van der Waals surface area contributed by atoms with E-state index in [1.165, 1.54) is 57.4 Å². The maximum absolute atomic E-state index is 12.0. The molecule has 0 bridgehead atoms. The predicted molar refractivity (Wildman–Crippen MR) is 124 cm³/mol. The van der Waals surface area contributed by atoms with Gasteiger partial charge in [0, 0.05) is 0 Å². The molecule has 1 rings (SSSR count). The van der Waals surface area contributed by atoms with Crippen molar-refractivity contribution in [3.63, 3.8) is 0 Å². The Morgan fingerprint density at radius 2 is 1.50 bits per heavy atom. The Bertz CT molecular complexity index is 558. The molecule has 0 atom stereocenters. The maximum atomic E-state index is 12.0. The molecular formula is C24H43NO2Sn. The fourth-order valence-corrected chi connectivity index (χ4v) is 20.0. The SMILES string of the molecule is CCC[CH2][Sn]([CH2]CCC)([CH2]CCC)[c]1cccc(CNC(=O)OC(C)(C)C)c1. The number of nitrogens with one attached hydrogen (secondary N) is 1. The van der Waals surface area contributed by atoms with Gasteiger partial charge in [-0.2, -0.15) is 0 Å². The molecule has 0 aliphatic rings. The topological polar surface area (TPSA) is 38.3 Å². The van der Waals surface area contributed by atoms with Crippen LogP contribution in [0.5, 0.6) is 0 Å². The van der Waals surface area contributed by atoms with E-state index >= 15 is 0 Å². The van der Waals surface area contributed by atoms with Crippen LogP contribution in [0.4, 0.5) is 4.79 Å². The number of unbranched alkanes of at least 4 members (excludes halogenated alkanes) is 3. The summed E-state index contributed by atoms with van der Waals surface area (Å²) in [6.45, 7) is 13.2. The molecule has 0 radical (unpaired) electrons. The minimum atomic E-state index is -2.41. The van der Waals surface area contributed by atoms with Crippen LogP contribution in [-0.2, 0) is 11.3 Å². The summed E-state index contributed by atoms with van der Waals surface area (Å²) in [7, 11) is 0. The summed E-state index contributed by atoms with van der Waals surface area (Å²) in [5.74, 6) is 0. The Labute approximate surface area is 177 Å². The van der Waals surface area contributed by atoms with Gasteiger partial charge in [0.1, 0.15) is 0 Å². The van der Waals surface area contributed by atoms with Crippen LogP contribution in [0.25, 0.3) is 0 Å².